The van der Waals surface area contributed by atoms with Gasteiger partial charge in [-0.3, -0.25) is 9.59 Å². The predicted molar refractivity (Wildman–Crippen MR) is 118 cm³/mol. The van der Waals surface area contributed by atoms with Gasteiger partial charge < -0.3 is 9.80 Å². The summed E-state index contributed by atoms with van der Waals surface area (Å²) in [6.45, 7) is 4.22. The highest BCUT2D eigenvalue weighted by atomic mass is 35.5. The van der Waals surface area contributed by atoms with Gasteiger partial charge in [0.25, 0.3) is 5.91 Å². The fourth-order valence-electron chi connectivity index (χ4n) is 3.28. The molecule has 29 heavy (non-hydrogen) atoms. The van der Waals surface area contributed by atoms with Crippen molar-refractivity contribution < 1.29 is 9.59 Å². The molecule has 8 heteroatoms. The van der Waals surface area contributed by atoms with E-state index < -0.39 is 0 Å². The number of piperazine rings is 1. The molecule has 0 N–H and O–H groups in total. The molecule has 0 atom stereocenters. The van der Waals surface area contributed by atoms with Gasteiger partial charge in [0, 0.05) is 42.0 Å². The Morgan fingerprint density at radius 1 is 1.07 bits per heavy atom. The molecule has 1 aromatic carbocycles. The Morgan fingerprint density at radius 2 is 1.79 bits per heavy atom. The lowest BCUT2D eigenvalue weighted by molar-refractivity contribution is -0.132. The average molecular weight is 446 g/mol. The third-order valence-corrected chi connectivity index (χ3v) is 7.10. The fourth-order valence-corrected chi connectivity index (χ4v) is 5.25. The number of thiazole rings is 1. The SMILES string of the molecule is Cc1ccc(C(=O)N2CCN(C(=O)Cc3csc(-c4ccccc4Cl)n3)CC2)s1. The van der Waals surface area contributed by atoms with Crippen LogP contribution in [-0.4, -0.2) is 52.8 Å². The molecule has 150 valence electrons. The third-order valence-electron chi connectivity index (χ3n) is 4.86. The molecule has 0 radical (unpaired) electrons. The largest absolute Gasteiger partial charge is 0.339 e. The van der Waals surface area contributed by atoms with Crippen LogP contribution < -0.4 is 0 Å². The van der Waals surface area contributed by atoms with Gasteiger partial charge in [-0.25, -0.2) is 4.98 Å². The number of aromatic nitrogens is 1. The van der Waals surface area contributed by atoms with Crippen molar-refractivity contribution in [2.45, 2.75) is 13.3 Å². The molecular formula is C21H20ClN3O2S2. The highest BCUT2D eigenvalue weighted by Crippen LogP contribution is 2.30. The molecule has 1 saturated heterocycles. The van der Waals surface area contributed by atoms with Gasteiger partial charge in [0.15, 0.2) is 0 Å². The number of benzene rings is 1. The number of thiophene rings is 1. The monoisotopic (exact) mass is 445 g/mol. The second-order valence-electron chi connectivity index (χ2n) is 6.88. The summed E-state index contributed by atoms with van der Waals surface area (Å²) in [6.07, 6.45) is 0.263. The Balaban J connectivity index is 1.34. The van der Waals surface area contributed by atoms with E-state index in [1.165, 1.54) is 22.7 Å². The summed E-state index contributed by atoms with van der Waals surface area (Å²) in [7, 11) is 0. The quantitative estimate of drug-likeness (QED) is 0.599. The lowest BCUT2D eigenvalue weighted by Gasteiger charge is -2.34. The van der Waals surface area contributed by atoms with Crippen molar-refractivity contribution in [3.8, 4) is 10.6 Å². The number of carbonyl (C=O) groups is 2. The first-order valence-electron chi connectivity index (χ1n) is 9.34. The molecule has 3 heterocycles. The second kappa shape index (κ2) is 8.65. The van der Waals surface area contributed by atoms with E-state index in [0.29, 0.717) is 31.2 Å². The van der Waals surface area contributed by atoms with Crippen molar-refractivity contribution in [1.82, 2.24) is 14.8 Å². The minimum absolute atomic E-state index is 0.0417. The van der Waals surface area contributed by atoms with Crippen LogP contribution in [0.3, 0.4) is 0 Å². The zero-order chi connectivity index (χ0) is 20.4. The summed E-state index contributed by atoms with van der Waals surface area (Å²) in [5.41, 5.74) is 1.64. The topological polar surface area (TPSA) is 53.5 Å². The van der Waals surface area contributed by atoms with Gasteiger partial charge in [0.2, 0.25) is 5.91 Å². The molecule has 0 spiro atoms. The van der Waals surface area contributed by atoms with E-state index in [4.69, 9.17) is 11.6 Å². The van der Waals surface area contributed by atoms with E-state index in [0.717, 1.165) is 26.0 Å². The van der Waals surface area contributed by atoms with Crippen LogP contribution in [0.2, 0.25) is 5.02 Å². The van der Waals surface area contributed by atoms with Crippen LogP contribution >= 0.6 is 34.3 Å². The zero-order valence-corrected chi connectivity index (χ0v) is 18.3. The fraction of sp³-hybridized carbons (Fsp3) is 0.286. The Kier molecular flexibility index (Phi) is 5.99. The van der Waals surface area contributed by atoms with E-state index >= 15 is 0 Å². The molecule has 4 rings (SSSR count). The zero-order valence-electron chi connectivity index (χ0n) is 15.9. The average Bonchev–Trinajstić information content (AvgIpc) is 3.37. The maximum atomic E-state index is 12.7. The molecule has 0 aliphatic carbocycles. The Hall–Kier alpha value is -2.22. The number of rotatable bonds is 4. The van der Waals surface area contributed by atoms with Gasteiger partial charge in [-0.15, -0.1) is 22.7 Å². The maximum absolute atomic E-state index is 12.7. The van der Waals surface area contributed by atoms with E-state index in [1.54, 1.807) is 0 Å². The predicted octanol–water partition coefficient (Wildman–Crippen LogP) is 4.36. The minimum Gasteiger partial charge on any atom is -0.339 e. The number of amides is 2. The lowest BCUT2D eigenvalue weighted by atomic mass is 10.2. The molecule has 0 bridgehead atoms. The van der Waals surface area contributed by atoms with Crippen LogP contribution in [0, 0.1) is 6.92 Å². The van der Waals surface area contributed by atoms with Gasteiger partial charge in [0.1, 0.15) is 5.01 Å². The molecular weight excluding hydrogens is 426 g/mol. The van der Waals surface area contributed by atoms with Crippen molar-refractivity contribution in [3.63, 3.8) is 0 Å². The van der Waals surface area contributed by atoms with E-state index in [1.807, 2.05) is 58.5 Å². The molecule has 0 saturated carbocycles. The Bertz CT molecular complexity index is 1040. The number of nitrogens with zero attached hydrogens (tertiary/aromatic N) is 3. The number of hydrogen-bond donors (Lipinski definition) is 0. The highest BCUT2D eigenvalue weighted by Gasteiger charge is 2.26. The summed E-state index contributed by atoms with van der Waals surface area (Å²) in [6, 6.07) is 11.4. The van der Waals surface area contributed by atoms with Crippen LogP contribution in [0.4, 0.5) is 0 Å². The molecule has 1 aliphatic rings. The smallest absolute Gasteiger partial charge is 0.264 e. The van der Waals surface area contributed by atoms with Gasteiger partial charge in [0.05, 0.1) is 22.0 Å². The first-order valence-corrected chi connectivity index (χ1v) is 11.4. The summed E-state index contributed by atoms with van der Waals surface area (Å²) in [4.78, 5) is 35.4. The van der Waals surface area contributed by atoms with Gasteiger partial charge in [-0.2, -0.15) is 0 Å². The second-order valence-corrected chi connectivity index (χ2v) is 9.44. The minimum atomic E-state index is 0.0417. The third kappa shape index (κ3) is 4.52. The molecule has 3 aromatic rings. The first-order chi connectivity index (χ1) is 14.0. The molecule has 1 fully saturated rings. The molecule has 5 nitrogen and oxygen atoms in total. The number of halogens is 1. The molecule has 0 unspecified atom stereocenters. The summed E-state index contributed by atoms with van der Waals surface area (Å²) in [5, 5.41) is 3.39. The van der Waals surface area contributed by atoms with Crippen molar-refractivity contribution in [2.75, 3.05) is 26.2 Å². The standard InChI is InChI=1S/C21H20ClN3O2S2/c1-14-6-7-18(29-14)21(27)25-10-8-24(9-11-25)19(26)12-15-13-28-20(23-15)16-4-2-3-5-17(16)22/h2-7,13H,8-12H2,1H3. The normalized spacial score (nSPS) is 14.3. The molecule has 2 amide bonds. The van der Waals surface area contributed by atoms with E-state index in [2.05, 4.69) is 4.98 Å². The van der Waals surface area contributed by atoms with Crippen LogP contribution in [0.25, 0.3) is 10.6 Å². The highest BCUT2D eigenvalue weighted by molar-refractivity contribution is 7.14. The van der Waals surface area contributed by atoms with Crippen molar-refractivity contribution >= 4 is 46.1 Å². The van der Waals surface area contributed by atoms with E-state index in [-0.39, 0.29) is 18.2 Å². The van der Waals surface area contributed by atoms with Crippen molar-refractivity contribution in [3.05, 3.63) is 62.2 Å². The van der Waals surface area contributed by atoms with Gasteiger partial charge in [-0.1, -0.05) is 29.8 Å². The van der Waals surface area contributed by atoms with Crippen LogP contribution in [-0.2, 0) is 11.2 Å². The molecule has 2 aromatic heterocycles. The Morgan fingerprint density at radius 3 is 2.48 bits per heavy atom. The molecule has 1 aliphatic heterocycles. The number of aryl methyl sites for hydroxylation is 1. The van der Waals surface area contributed by atoms with Gasteiger partial charge >= 0.3 is 0 Å². The van der Waals surface area contributed by atoms with Crippen LogP contribution in [0.5, 0.6) is 0 Å². The maximum Gasteiger partial charge on any atom is 0.264 e. The summed E-state index contributed by atoms with van der Waals surface area (Å²) in [5.74, 6) is 0.0964. The Labute approximate surface area is 182 Å². The van der Waals surface area contributed by atoms with Crippen molar-refractivity contribution in [2.24, 2.45) is 0 Å². The first kappa shape index (κ1) is 20.1. The summed E-state index contributed by atoms with van der Waals surface area (Å²) < 4.78 is 0. The lowest BCUT2D eigenvalue weighted by Crippen LogP contribution is -2.50. The van der Waals surface area contributed by atoms with E-state index in [9.17, 15) is 9.59 Å². The van der Waals surface area contributed by atoms with Crippen molar-refractivity contribution in [1.29, 1.82) is 0 Å². The van der Waals surface area contributed by atoms with Crippen LogP contribution in [0.1, 0.15) is 20.2 Å². The number of carbonyl (C=O) groups excluding carboxylic acids is 2. The van der Waals surface area contributed by atoms with Gasteiger partial charge in [-0.05, 0) is 25.1 Å². The van der Waals surface area contributed by atoms with Crippen LogP contribution in [0.15, 0.2) is 41.8 Å². The summed E-state index contributed by atoms with van der Waals surface area (Å²) >= 11 is 9.24. The number of hydrogen-bond acceptors (Lipinski definition) is 5.